The molecule has 2 aromatic heterocycles. The van der Waals surface area contributed by atoms with Gasteiger partial charge in [0.2, 0.25) is 5.95 Å². The van der Waals surface area contributed by atoms with Gasteiger partial charge in [0, 0.05) is 30.9 Å². The van der Waals surface area contributed by atoms with E-state index in [0.29, 0.717) is 11.8 Å². The van der Waals surface area contributed by atoms with Crippen molar-refractivity contribution in [1.29, 1.82) is 0 Å². The Kier molecular flexibility index (Phi) is 6.20. The van der Waals surface area contributed by atoms with Gasteiger partial charge in [0.15, 0.2) is 11.6 Å². The van der Waals surface area contributed by atoms with Gasteiger partial charge in [-0.1, -0.05) is 17.7 Å². The molecule has 2 aliphatic rings. The lowest BCUT2D eigenvalue weighted by Gasteiger charge is -2.38. The zero-order chi connectivity index (χ0) is 23.8. The van der Waals surface area contributed by atoms with Crippen LogP contribution >= 0.6 is 11.6 Å². The molecule has 3 aromatic rings. The third-order valence-electron chi connectivity index (χ3n) is 6.31. The molecule has 1 saturated carbocycles. The number of aromatic nitrogens is 5. The van der Waals surface area contributed by atoms with Gasteiger partial charge in [0.1, 0.15) is 18.7 Å². The van der Waals surface area contributed by atoms with Crippen LogP contribution in [0.25, 0.3) is 0 Å². The van der Waals surface area contributed by atoms with E-state index in [1.54, 1.807) is 6.33 Å². The Morgan fingerprint density at radius 1 is 1.21 bits per heavy atom. The van der Waals surface area contributed by atoms with E-state index in [-0.39, 0.29) is 28.8 Å². The zero-order valence-corrected chi connectivity index (χ0v) is 19.1. The highest BCUT2D eigenvalue weighted by Crippen LogP contribution is 2.40. The fourth-order valence-corrected chi connectivity index (χ4v) is 4.95. The Balaban J connectivity index is 1.34. The SMILES string of the molecule is Cc1cc(N2CC3CCC(C2)C3Nc2nc(Oc3cccc(Cl)c3F)n(CC(F)F)n2)ncn1. The lowest BCUT2D eigenvalue weighted by Crippen LogP contribution is -2.48. The van der Waals surface area contributed by atoms with Crippen LogP contribution in [0.2, 0.25) is 5.02 Å². The minimum atomic E-state index is -2.68. The summed E-state index contributed by atoms with van der Waals surface area (Å²) in [5.74, 6) is 0.690. The van der Waals surface area contributed by atoms with Crippen molar-refractivity contribution in [2.24, 2.45) is 11.8 Å². The first-order chi connectivity index (χ1) is 16.4. The van der Waals surface area contributed by atoms with Gasteiger partial charge in [-0.2, -0.15) is 4.98 Å². The number of piperidine rings is 1. The van der Waals surface area contributed by atoms with E-state index in [9.17, 15) is 13.2 Å². The molecule has 1 saturated heterocycles. The van der Waals surface area contributed by atoms with E-state index in [4.69, 9.17) is 16.3 Å². The van der Waals surface area contributed by atoms with E-state index in [1.165, 1.54) is 18.2 Å². The molecule has 0 amide bonds. The molecule has 1 aliphatic carbocycles. The molecular formula is C22H23ClF3N7O. The summed E-state index contributed by atoms with van der Waals surface area (Å²) in [6.45, 7) is 2.81. The summed E-state index contributed by atoms with van der Waals surface area (Å²) in [5.41, 5.74) is 0.912. The maximum atomic E-state index is 14.3. The van der Waals surface area contributed by atoms with Crippen LogP contribution in [0, 0.1) is 24.6 Å². The molecule has 34 heavy (non-hydrogen) atoms. The first-order valence-electron chi connectivity index (χ1n) is 11.0. The van der Waals surface area contributed by atoms with E-state index in [1.807, 2.05) is 13.0 Å². The number of nitrogens with zero attached hydrogens (tertiary/aromatic N) is 6. The number of nitrogens with one attached hydrogen (secondary N) is 1. The number of hydrogen-bond acceptors (Lipinski definition) is 7. The molecular weight excluding hydrogens is 471 g/mol. The maximum Gasteiger partial charge on any atom is 0.322 e. The van der Waals surface area contributed by atoms with E-state index >= 15 is 0 Å². The number of alkyl halides is 2. The first kappa shape index (κ1) is 22.7. The number of ether oxygens (including phenoxy) is 1. The summed E-state index contributed by atoms with van der Waals surface area (Å²) >= 11 is 5.80. The lowest BCUT2D eigenvalue weighted by atomic mass is 9.92. The van der Waals surface area contributed by atoms with E-state index in [2.05, 4.69) is 30.3 Å². The second-order valence-electron chi connectivity index (χ2n) is 8.64. The monoisotopic (exact) mass is 493 g/mol. The normalized spacial score (nSPS) is 21.8. The van der Waals surface area contributed by atoms with Crippen LogP contribution in [0.4, 0.5) is 24.9 Å². The second kappa shape index (κ2) is 9.28. The van der Waals surface area contributed by atoms with Crippen molar-refractivity contribution in [3.05, 3.63) is 47.1 Å². The van der Waals surface area contributed by atoms with Gasteiger partial charge in [0.05, 0.1) is 5.02 Å². The number of benzene rings is 1. The molecule has 2 fully saturated rings. The molecule has 0 radical (unpaired) electrons. The van der Waals surface area contributed by atoms with E-state index in [0.717, 1.165) is 42.1 Å². The molecule has 2 atom stereocenters. The zero-order valence-electron chi connectivity index (χ0n) is 18.3. The van der Waals surface area contributed by atoms with Crippen molar-refractivity contribution in [2.45, 2.75) is 38.8 Å². The Bertz CT molecular complexity index is 1160. The summed E-state index contributed by atoms with van der Waals surface area (Å²) in [4.78, 5) is 15.1. The summed E-state index contributed by atoms with van der Waals surface area (Å²) in [5, 5.41) is 7.36. The standard InChI is InChI=1S/C22H23ClF3N7O/c1-12-7-18(28-11-27-12)32-8-13-5-6-14(9-32)20(13)29-21-30-22(33(31-21)10-17(24)25)34-16-4-2-3-15(23)19(16)26/h2-4,7,11,13-14,17,20H,5-6,8-10H2,1H3,(H,29,31). The van der Waals surface area contributed by atoms with Crippen LogP contribution < -0.4 is 15.0 Å². The van der Waals surface area contributed by atoms with Crippen molar-refractivity contribution >= 4 is 23.4 Å². The van der Waals surface area contributed by atoms with Crippen LogP contribution in [0.5, 0.6) is 11.8 Å². The fraction of sp³-hybridized carbons (Fsp3) is 0.455. The molecule has 1 aliphatic heterocycles. The number of fused-ring (bicyclic) bond motifs is 2. The smallest absolute Gasteiger partial charge is 0.322 e. The van der Waals surface area contributed by atoms with E-state index < -0.39 is 18.8 Å². The highest BCUT2D eigenvalue weighted by molar-refractivity contribution is 6.30. The Morgan fingerprint density at radius 2 is 1.97 bits per heavy atom. The largest absolute Gasteiger partial charge is 0.421 e. The minimum Gasteiger partial charge on any atom is -0.421 e. The second-order valence-corrected chi connectivity index (χ2v) is 9.04. The van der Waals surface area contributed by atoms with Gasteiger partial charge in [-0.05, 0) is 43.7 Å². The molecule has 2 bridgehead atoms. The van der Waals surface area contributed by atoms with Crippen molar-refractivity contribution in [3.63, 3.8) is 0 Å². The number of rotatable bonds is 7. The topological polar surface area (TPSA) is 81.0 Å². The van der Waals surface area contributed by atoms with Crippen LogP contribution in [0.1, 0.15) is 18.5 Å². The van der Waals surface area contributed by atoms with Gasteiger partial charge < -0.3 is 15.0 Å². The van der Waals surface area contributed by atoms with Crippen LogP contribution in [0.15, 0.2) is 30.6 Å². The van der Waals surface area contributed by atoms with Gasteiger partial charge in [-0.3, -0.25) is 0 Å². The van der Waals surface area contributed by atoms with Gasteiger partial charge >= 0.3 is 6.01 Å². The predicted octanol–water partition coefficient (Wildman–Crippen LogP) is 4.55. The molecule has 3 heterocycles. The Labute approximate surface area is 199 Å². The summed E-state index contributed by atoms with van der Waals surface area (Å²) in [6, 6.07) is 6.03. The van der Waals surface area contributed by atoms with Crippen LogP contribution in [-0.2, 0) is 6.54 Å². The molecule has 0 spiro atoms. The average molecular weight is 494 g/mol. The number of anilines is 2. The third kappa shape index (κ3) is 4.61. The number of hydrogen-bond donors (Lipinski definition) is 1. The summed E-state index contributed by atoms with van der Waals surface area (Å²) in [6.07, 6.45) is 0.938. The highest BCUT2D eigenvalue weighted by atomic mass is 35.5. The predicted molar refractivity (Wildman–Crippen MR) is 120 cm³/mol. The fourth-order valence-electron chi connectivity index (χ4n) is 4.78. The lowest BCUT2D eigenvalue weighted by molar-refractivity contribution is 0.118. The molecule has 1 N–H and O–H groups in total. The first-order valence-corrected chi connectivity index (χ1v) is 11.4. The third-order valence-corrected chi connectivity index (χ3v) is 6.60. The molecule has 12 heteroatoms. The highest BCUT2D eigenvalue weighted by Gasteiger charge is 2.43. The van der Waals surface area contributed by atoms with Gasteiger partial charge in [0.25, 0.3) is 6.43 Å². The van der Waals surface area contributed by atoms with Gasteiger partial charge in [-0.25, -0.2) is 27.8 Å². The van der Waals surface area contributed by atoms with Crippen molar-refractivity contribution in [3.8, 4) is 11.8 Å². The maximum absolute atomic E-state index is 14.3. The van der Waals surface area contributed by atoms with Crippen molar-refractivity contribution in [1.82, 2.24) is 24.7 Å². The average Bonchev–Trinajstić information content (AvgIpc) is 3.25. The quantitative estimate of drug-likeness (QED) is 0.517. The van der Waals surface area contributed by atoms with Gasteiger partial charge in [-0.15, -0.1) is 5.10 Å². The Hall–Kier alpha value is -3.08. The summed E-state index contributed by atoms with van der Waals surface area (Å²) < 4.78 is 47.0. The van der Waals surface area contributed by atoms with Crippen molar-refractivity contribution < 1.29 is 17.9 Å². The molecule has 180 valence electrons. The molecule has 2 unspecified atom stereocenters. The van der Waals surface area contributed by atoms with Crippen LogP contribution in [0.3, 0.4) is 0 Å². The Morgan fingerprint density at radius 3 is 2.68 bits per heavy atom. The number of halogens is 4. The minimum absolute atomic E-state index is 0.0809. The molecule has 1 aromatic carbocycles. The molecule has 5 rings (SSSR count). The van der Waals surface area contributed by atoms with Crippen molar-refractivity contribution in [2.75, 3.05) is 23.3 Å². The summed E-state index contributed by atoms with van der Waals surface area (Å²) in [7, 11) is 0. The molecule has 8 nitrogen and oxygen atoms in total. The van der Waals surface area contributed by atoms with Crippen LogP contribution in [-0.4, -0.2) is 50.3 Å². The number of aryl methyl sites for hydroxylation is 1.